The van der Waals surface area contributed by atoms with E-state index in [1.54, 1.807) is 6.07 Å². The lowest BCUT2D eigenvalue weighted by Gasteiger charge is -2.04. The predicted octanol–water partition coefficient (Wildman–Crippen LogP) is 2.30. The van der Waals surface area contributed by atoms with E-state index in [1.807, 2.05) is 42.8 Å². The molecule has 0 bridgehead atoms. The zero-order chi connectivity index (χ0) is 10.8. The molecule has 1 aromatic carbocycles. The number of hydrogen-bond acceptors (Lipinski definition) is 2. The van der Waals surface area contributed by atoms with E-state index >= 15 is 0 Å². The van der Waals surface area contributed by atoms with Crippen molar-refractivity contribution in [1.82, 2.24) is 9.55 Å². The van der Waals surface area contributed by atoms with Gasteiger partial charge in [-0.25, -0.2) is 4.98 Å². The number of hydrogen-bond donors (Lipinski definition) is 0. The van der Waals surface area contributed by atoms with Crippen LogP contribution in [0.3, 0.4) is 0 Å². The van der Waals surface area contributed by atoms with Crippen LogP contribution in [-0.2, 0) is 0 Å². The van der Waals surface area contributed by atoms with Gasteiger partial charge in [-0.2, -0.15) is 0 Å². The van der Waals surface area contributed by atoms with Crippen LogP contribution in [0.4, 0.5) is 0 Å². The van der Waals surface area contributed by atoms with Crippen LogP contribution in [-0.4, -0.2) is 15.8 Å². The van der Waals surface area contributed by atoms with Gasteiger partial charge in [0.05, 0.1) is 5.69 Å². The molecule has 0 spiro atoms. The van der Waals surface area contributed by atoms with E-state index in [4.69, 9.17) is 0 Å². The molecule has 2 rings (SSSR count). The molecule has 0 N–H and O–H groups in total. The highest BCUT2D eigenvalue weighted by Crippen LogP contribution is 2.13. The van der Waals surface area contributed by atoms with Gasteiger partial charge in [-0.1, -0.05) is 12.1 Å². The topological polar surface area (TPSA) is 34.9 Å². The second kappa shape index (κ2) is 3.69. The Labute approximate surface area is 88.4 Å². The van der Waals surface area contributed by atoms with Gasteiger partial charge in [0.15, 0.2) is 0 Å². The molecule has 3 nitrogen and oxygen atoms in total. The zero-order valence-electron chi connectivity index (χ0n) is 8.77. The molecule has 3 heteroatoms. The Morgan fingerprint density at radius 1 is 1.33 bits per heavy atom. The van der Waals surface area contributed by atoms with Crippen molar-refractivity contribution in [2.75, 3.05) is 0 Å². The van der Waals surface area contributed by atoms with Gasteiger partial charge in [0.25, 0.3) is 0 Å². The van der Waals surface area contributed by atoms with Gasteiger partial charge >= 0.3 is 0 Å². The van der Waals surface area contributed by atoms with Gasteiger partial charge in [0, 0.05) is 17.4 Å². The van der Waals surface area contributed by atoms with E-state index in [9.17, 15) is 4.79 Å². The molecule has 0 aliphatic rings. The van der Waals surface area contributed by atoms with E-state index in [-0.39, 0.29) is 0 Å². The number of aldehydes is 1. The van der Waals surface area contributed by atoms with Gasteiger partial charge < -0.3 is 4.57 Å². The Morgan fingerprint density at radius 2 is 2.13 bits per heavy atom. The minimum absolute atomic E-state index is 0.679. The van der Waals surface area contributed by atoms with E-state index in [1.165, 1.54) is 0 Å². The second-order valence-electron chi connectivity index (χ2n) is 3.51. The normalized spacial score (nSPS) is 10.3. The number of nitrogens with zero attached hydrogens (tertiary/aromatic N) is 2. The maximum absolute atomic E-state index is 10.7. The lowest BCUT2D eigenvalue weighted by Crippen LogP contribution is -1.96. The highest BCUT2D eigenvalue weighted by atomic mass is 16.1. The summed E-state index contributed by atoms with van der Waals surface area (Å²) >= 11 is 0. The van der Waals surface area contributed by atoms with E-state index in [0.717, 1.165) is 23.5 Å². The lowest BCUT2D eigenvalue weighted by molar-refractivity contribution is 0.112. The van der Waals surface area contributed by atoms with Crippen LogP contribution in [0, 0.1) is 13.8 Å². The van der Waals surface area contributed by atoms with Crippen LogP contribution >= 0.6 is 0 Å². The van der Waals surface area contributed by atoms with Gasteiger partial charge in [-0.05, 0) is 26.0 Å². The standard InChI is InChI=1S/C12H12N2O/c1-9-7-14(10(2)13-9)12-5-3-4-11(6-12)8-15/h3-8H,1-2H3. The molecule has 1 heterocycles. The summed E-state index contributed by atoms with van der Waals surface area (Å²) in [5, 5.41) is 0. The minimum Gasteiger partial charge on any atom is -0.304 e. The van der Waals surface area contributed by atoms with Crippen LogP contribution in [0.15, 0.2) is 30.5 Å². The average molecular weight is 200 g/mol. The van der Waals surface area contributed by atoms with Gasteiger partial charge in [-0.3, -0.25) is 4.79 Å². The van der Waals surface area contributed by atoms with E-state index < -0.39 is 0 Å². The maximum Gasteiger partial charge on any atom is 0.150 e. The van der Waals surface area contributed by atoms with Crippen molar-refractivity contribution in [3.05, 3.63) is 47.5 Å². The molecule has 0 aliphatic carbocycles. The fraction of sp³-hybridized carbons (Fsp3) is 0.167. The number of carbonyl (C=O) groups excluding carboxylic acids is 1. The fourth-order valence-corrected chi connectivity index (χ4v) is 1.63. The van der Waals surface area contributed by atoms with Crippen molar-refractivity contribution in [3.63, 3.8) is 0 Å². The molecule has 76 valence electrons. The number of rotatable bonds is 2. The molecule has 0 saturated heterocycles. The molecule has 0 saturated carbocycles. The van der Waals surface area contributed by atoms with Crippen LogP contribution < -0.4 is 0 Å². The third-order valence-electron chi connectivity index (χ3n) is 2.29. The molecule has 0 amide bonds. The molecular formula is C12H12N2O. The number of carbonyl (C=O) groups is 1. The summed E-state index contributed by atoms with van der Waals surface area (Å²) in [4.78, 5) is 15.0. The molecule has 0 unspecified atom stereocenters. The van der Waals surface area contributed by atoms with Crippen molar-refractivity contribution in [3.8, 4) is 5.69 Å². The van der Waals surface area contributed by atoms with Crippen molar-refractivity contribution in [2.45, 2.75) is 13.8 Å². The smallest absolute Gasteiger partial charge is 0.150 e. The van der Waals surface area contributed by atoms with Crippen LogP contribution in [0.2, 0.25) is 0 Å². The minimum atomic E-state index is 0.679. The van der Waals surface area contributed by atoms with Crippen LogP contribution in [0.1, 0.15) is 21.9 Å². The maximum atomic E-state index is 10.7. The SMILES string of the molecule is Cc1cn(-c2cccc(C=O)c2)c(C)n1. The molecule has 0 radical (unpaired) electrons. The Kier molecular flexibility index (Phi) is 2.37. The molecule has 15 heavy (non-hydrogen) atoms. The summed E-state index contributed by atoms with van der Waals surface area (Å²) in [6.07, 6.45) is 2.81. The average Bonchev–Trinajstić information content (AvgIpc) is 2.58. The largest absolute Gasteiger partial charge is 0.304 e. The lowest BCUT2D eigenvalue weighted by atomic mass is 10.2. The van der Waals surface area contributed by atoms with E-state index in [2.05, 4.69) is 4.98 Å². The number of benzene rings is 1. The number of imidazole rings is 1. The zero-order valence-corrected chi connectivity index (χ0v) is 8.77. The molecule has 0 fully saturated rings. The summed E-state index contributed by atoms with van der Waals surface area (Å²) in [7, 11) is 0. The third kappa shape index (κ3) is 1.81. The molecule has 2 aromatic rings. The Morgan fingerprint density at radius 3 is 2.73 bits per heavy atom. The van der Waals surface area contributed by atoms with Gasteiger partial charge in [0.2, 0.25) is 0 Å². The third-order valence-corrected chi connectivity index (χ3v) is 2.29. The van der Waals surface area contributed by atoms with Crippen molar-refractivity contribution in [2.24, 2.45) is 0 Å². The van der Waals surface area contributed by atoms with E-state index in [0.29, 0.717) is 5.56 Å². The van der Waals surface area contributed by atoms with Crippen molar-refractivity contribution in [1.29, 1.82) is 0 Å². The molecule has 0 aliphatic heterocycles. The first kappa shape index (κ1) is 9.65. The quantitative estimate of drug-likeness (QED) is 0.697. The molecular weight excluding hydrogens is 188 g/mol. The summed E-state index contributed by atoms with van der Waals surface area (Å²) in [5.74, 6) is 0.926. The summed E-state index contributed by atoms with van der Waals surface area (Å²) in [5.41, 5.74) is 2.62. The Hall–Kier alpha value is -1.90. The Balaban J connectivity index is 2.53. The monoisotopic (exact) mass is 200 g/mol. The molecule has 0 atom stereocenters. The van der Waals surface area contributed by atoms with Gasteiger partial charge in [0.1, 0.15) is 12.1 Å². The first-order chi connectivity index (χ1) is 7.20. The fourth-order valence-electron chi connectivity index (χ4n) is 1.63. The number of aromatic nitrogens is 2. The molecule has 1 aromatic heterocycles. The summed E-state index contributed by atoms with van der Waals surface area (Å²) in [6, 6.07) is 7.46. The predicted molar refractivity (Wildman–Crippen MR) is 58.4 cm³/mol. The second-order valence-corrected chi connectivity index (χ2v) is 3.51. The van der Waals surface area contributed by atoms with Crippen molar-refractivity contribution < 1.29 is 4.79 Å². The van der Waals surface area contributed by atoms with Crippen molar-refractivity contribution >= 4 is 6.29 Å². The highest BCUT2D eigenvalue weighted by molar-refractivity contribution is 5.75. The first-order valence-electron chi connectivity index (χ1n) is 4.79. The van der Waals surface area contributed by atoms with Crippen LogP contribution in [0.25, 0.3) is 5.69 Å². The number of aryl methyl sites for hydroxylation is 2. The summed E-state index contributed by atoms with van der Waals surface area (Å²) < 4.78 is 1.97. The Bertz CT molecular complexity index is 500. The van der Waals surface area contributed by atoms with Gasteiger partial charge in [-0.15, -0.1) is 0 Å². The first-order valence-corrected chi connectivity index (χ1v) is 4.79. The summed E-state index contributed by atoms with van der Waals surface area (Å²) in [6.45, 7) is 3.90. The van der Waals surface area contributed by atoms with Crippen LogP contribution in [0.5, 0.6) is 0 Å². The highest BCUT2D eigenvalue weighted by Gasteiger charge is 2.03.